The number of aromatic nitrogens is 5. The molecule has 0 radical (unpaired) electrons. The number of nitrogens with zero attached hydrogens (tertiary/aromatic N) is 7. The van der Waals surface area contributed by atoms with Crippen molar-refractivity contribution in [3.05, 3.63) is 59.7 Å². The van der Waals surface area contributed by atoms with E-state index >= 15 is 0 Å². The van der Waals surface area contributed by atoms with E-state index in [0.29, 0.717) is 42.5 Å². The highest BCUT2D eigenvalue weighted by Gasteiger charge is 2.47. The van der Waals surface area contributed by atoms with Gasteiger partial charge in [-0.3, -0.25) is 4.79 Å². The molecule has 0 spiro atoms. The zero-order chi connectivity index (χ0) is 26.6. The first-order chi connectivity index (χ1) is 18.2. The second-order valence-electron chi connectivity index (χ2n) is 9.30. The zero-order valence-electron chi connectivity index (χ0n) is 20.1. The van der Waals surface area contributed by atoms with E-state index in [-0.39, 0.29) is 6.01 Å². The predicted octanol–water partition coefficient (Wildman–Crippen LogP) is 3.20. The fourth-order valence-corrected chi connectivity index (χ4v) is 4.67. The van der Waals surface area contributed by atoms with Crippen LogP contribution in [0.25, 0.3) is 11.1 Å². The summed E-state index contributed by atoms with van der Waals surface area (Å²) in [6.07, 6.45) is 2.37. The summed E-state index contributed by atoms with van der Waals surface area (Å²) in [4.78, 5) is 26.8. The Hall–Kier alpha value is -4.75. The topological polar surface area (TPSA) is 135 Å². The molecule has 0 saturated carbocycles. The first-order valence-corrected chi connectivity index (χ1v) is 11.8. The maximum Gasteiger partial charge on any atom is 0.432 e. The van der Waals surface area contributed by atoms with Crippen LogP contribution in [0.5, 0.6) is 0 Å². The number of carbonyl (C=O) groups excluding carboxylic acids is 1. The van der Waals surface area contributed by atoms with Crippen LogP contribution in [0.4, 0.5) is 31.3 Å². The number of benzene rings is 1. The fourth-order valence-electron chi connectivity index (χ4n) is 4.67. The molecular formula is C24H22F2N8O4. The number of likely N-dealkylation sites (tertiary alicyclic amines) is 1. The van der Waals surface area contributed by atoms with Gasteiger partial charge >= 0.3 is 18.1 Å². The normalized spacial score (nSPS) is 16.2. The molecule has 38 heavy (non-hydrogen) atoms. The van der Waals surface area contributed by atoms with E-state index in [2.05, 4.69) is 20.6 Å². The maximum absolute atomic E-state index is 13.2. The average molecular weight is 524 g/mol. The first-order valence-electron chi connectivity index (χ1n) is 11.8. The SMILES string of the molecule is Cn1c(C(=O)N2CC(F)(F)C2)cc2c1CN(c1nnc(Nc3ccc(-c4cnn(C(=O)O)c4)cc3)o1)CC2. The zero-order valence-corrected chi connectivity index (χ0v) is 20.1. The van der Waals surface area contributed by atoms with Gasteiger partial charge in [-0.1, -0.05) is 22.3 Å². The summed E-state index contributed by atoms with van der Waals surface area (Å²) < 4.78 is 34.9. The molecule has 0 bridgehead atoms. The Morgan fingerprint density at radius 1 is 1.13 bits per heavy atom. The lowest BCUT2D eigenvalue weighted by molar-refractivity contribution is -0.113. The van der Waals surface area contributed by atoms with Gasteiger partial charge in [0.1, 0.15) is 5.69 Å². The Morgan fingerprint density at radius 2 is 1.89 bits per heavy atom. The van der Waals surface area contributed by atoms with Crippen LogP contribution in [0.15, 0.2) is 47.1 Å². The Labute approximate surface area is 214 Å². The molecule has 12 nitrogen and oxygen atoms in total. The molecular weight excluding hydrogens is 502 g/mol. The lowest BCUT2D eigenvalue weighted by Gasteiger charge is -2.38. The van der Waals surface area contributed by atoms with Crippen molar-refractivity contribution in [2.45, 2.75) is 18.9 Å². The lowest BCUT2D eigenvalue weighted by atomic mass is 10.1. The summed E-state index contributed by atoms with van der Waals surface area (Å²) in [5.41, 5.74) is 4.42. The Bertz CT molecular complexity index is 1530. The Balaban J connectivity index is 1.12. The van der Waals surface area contributed by atoms with Gasteiger partial charge in [-0.2, -0.15) is 9.78 Å². The maximum atomic E-state index is 13.2. The third kappa shape index (κ3) is 4.23. The van der Waals surface area contributed by atoms with Gasteiger partial charge in [0.2, 0.25) is 0 Å². The molecule has 3 aromatic heterocycles. The van der Waals surface area contributed by atoms with Gasteiger partial charge in [0, 0.05) is 36.7 Å². The Morgan fingerprint density at radius 3 is 2.58 bits per heavy atom. The molecule has 1 saturated heterocycles. The van der Waals surface area contributed by atoms with E-state index < -0.39 is 31.0 Å². The molecule has 0 aliphatic carbocycles. The van der Waals surface area contributed by atoms with E-state index in [1.54, 1.807) is 29.8 Å². The highest BCUT2D eigenvalue weighted by atomic mass is 19.3. The number of fused-ring (bicyclic) bond motifs is 1. The van der Waals surface area contributed by atoms with Crippen molar-refractivity contribution < 1.29 is 27.9 Å². The summed E-state index contributed by atoms with van der Waals surface area (Å²) in [6, 6.07) is 9.49. The summed E-state index contributed by atoms with van der Waals surface area (Å²) in [5.74, 6) is -3.21. The second-order valence-corrected chi connectivity index (χ2v) is 9.30. The van der Waals surface area contributed by atoms with Gasteiger partial charge < -0.3 is 29.2 Å². The number of alkyl halides is 2. The standard InChI is InChI=1S/C24H22F2N8O4/c1-31-18(20(35)33-12-24(25,26)13-33)8-15-6-7-32(11-19(15)31)22-30-29-21(38-22)28-17-4-2-14(3-5-17)16-9-27-34(10-16)23(36)37/h2-5,8-10H,6-7,11-13H2,1H3,(H,28,29)(H,36,37). The van der Waals surface area contributed by atoms with E-state index in [4.69, 9.17) is 9.52 Å². The summed E-state index contributed by atoms with van der Waals surface area (Å²) in [6.45, 7) is -0.0874. The number of rotatable bonds is 5. The van der Waals surface area contributed by atoms with Gasteiger partial charge in [-0.15, -0.1) is 0 Å². The van der Waals surface area contributed by atoms with Gasteiger partial charge in [-0.25, -0.2) is 13.6 Å². The monoisotopic (exact) mass is 524 g/mol. The lowest BCUT2D eigenvalue weighted by Crippen LogP contribution is -2.58. The van der Waals surface area contributed by atoms with Crippen LogP contribution in [0, 0.1) is 0 Å². The van der Waals surface area contributed by atoms with Crippen LogP contribution in [0.1, 0.15) is 21.7 Å². The van der Waals surface area contributed by atoms with Crippen molar-refractivity contribution in [1.82, 2.24) is 29.4 Å². The number of hydrogen-bond donors (Lipinski definition) is 2. The van der Waals surface area contributed by atoms with E-state index in [9.17, 15) is 18.4 Å². The van der Waals surface area contributed by atoms with Crippen molar-refractivity contribution in [1.29, 1.82) is 0 Å². The van der Waals surface area contributed by atoms with Crippen molar-refractivity contribution in [2.24, 2.45) is 7.05 Å². The second kappa shape index (κ2) is 8.68. The summed E-state index contributed by atoms with van der Waals surface area (Å²) in [7, 11) is 1.75. The molecule has 4 aromatic rings. The molecule has 1 aromatic carbocycles. The number of nitrogens with one attached hydrogen (secondary N) is 1. The first kappa shape index (κ1) is 23.6. The third-order valence-corrected chi connectivity index (χ3v) is 6.72. The molecule has 1 fully saturated rings. The molecule has 2 aliphatic heterocycles. The minimum absolute atomic E-state index is 0.193. The minimum Gasteiger partial charge on any atom is -0.463 e. The number of amides is 1. The van der Waals surface area contributed by atoms with Crippen LogP contribution in [0.2, 0.25) is 0 Å². The number of halogens is 2. The van der Waals surface area contributed by atoms with Crippen LogP contribution in [-0.4, -0.2) is 72.1 Å². The molecule has 5 heterocycles. The molecule has 6 rings (SSSR count). The van der Waals surface area contributed by atoms with E-state index in [1.807, 2.05) is 17.0 Å². The molecule has 196 valence electrons. The van der Waals surface area contributed by atoms with Crippen LogP contribution >= 0.6 is 0 Å². The summed E-state index contributed by atoms with van der Waals surface area (Å²) >= 11 is 0. The highest BCUT2D eigenvalue weighted by Crippen LogP contribution is 2.31. The fraction of sp³-hybridized carbons (Fsp3) is 0.292. The van der Waals surface area contributed by atoms with Gasteiger partial charge in [0.15, 0.2) is 0 Å². The largest absolute Gasteiger partial charge is 0.463 e. The van der Waals surface area contributed by atoms with Crippen LogP contribution in [0.3, 0.4) is 0 Å². The van der Waals surface area contributed by atoms with Crippen molar-refractivity contribution in [3.63, 3.8) is 0 Å². The number of carbonyl (C=O) groups is 2. The molecule has 0 atom stereocenters. The van der Waals surface area contributed by atoms with E-state index in [0.717, 1.165) is 26.4 Å². The van der Waals surface area contributed by atoms with Crippen LogP contribution in [-0.2, 0) is 20.0 Å². The van der Waals surface area contributed by atoms with Gasteiger partial charge in [-0.05, 0) is 35.7 Å². The van der Waals surface area contributed by atoms with E-state index in [1.165, 1.54) is 12.4 Å². The van der Waals surface area contributed by atoms with Gasteiger partial charge in [0.25, 0.3) is 11.8 Å². The van der Waals surface area contributed by atoms with Crippen molar-refractivity contribution >= 4 is 29.7 Å². The summed E-state index contributed by atoms with van der Waals surface area (Å²) in [5, 5.41) is 24.1. The molecule has 2 N–H and O–H groups in total. The Kier molecular flexibility index (Phi) is 5.40. The average Bonchev–Trinajstić information content (AvgIpc) is 3.62. The van der Waals surface area contributed by atoms with Crippen molar-refractivity contribution in [3.8, 4) is 11.1 Å². The van der Waals surface area contributed by atoms with Crippen LogP contribution < -0.4 is 10.2 Å². The quantitative estimate of drug-likeness (QED) is 0.404. The van der Waals surface area contributed by atoms with Crippen molar-refractivity contribution in [2.75, 3.05) is 29.9 Å². The number of anilines is 3. The molecule has 14 heteroatoms. The smallest absolute Gasteiger partial charge is 0.432 e. The highest BCUT2D eigenvalue weighted by molar-refractivity contribution is 5.94. The molecule has 0 unspecified atom stereocenters. The number of hydrogen-bond acceptors (Lipinski definition) is 8. The van der Waals surface area contributed by atoms with Gasteiger partial charge in [0.05, 0.1) is 25.8 Å². The molecule has 2 aliphatic rings. The third-order valence-electron chi connectivity index (χ3n) is 6.72. The predicted molar refractivity (Wildman–Crippen MR) is 130 cm³/mol. The number of carboxylic acid groups (broad SMARTS) is 1. The molecule has 1 amide bonds. The minimum atomic E-state index is -2.81.